The Morgan fingerprint density at radius 1 is 0.308 bits per heavy atom. The highest BCUT2D eigenvalue weighted by molar-refractivity contribution is 6.20. The van der Waals surface area contributed by atoms with Gasteiger partial charge in [0.25, 0.3) is 0 Å². The Morgan fingerprint density at radius 3 is 1.51 bits per heavy atom. The van der Waals surface area contributed by atoms with Crippen molar-refractivity contribution in [3.8, 4) is 39.1 Å². The second kappa shape index (κ2) is 15.0. The molecule has 0 unspecified atom stereocenters. The Labute approximate surface area is 376 Å². The van der Waals surface area contributed by atoms with E-state index in [-0.39, 0.29) is 0 Å². The van der Waals surface area contributed by atoms with E-state index >= 15 is 0 Å². The number of para-hydroxylation sites is 2. The van der Waals surface area contributed by atoms with E-state index in [2.05, 4.69) is 252 Å². The number of rotatable bonds is 7. The normalized spacial score (nSPS) is 11.7. The van der Waals surface area contributed by atoms with Gasteiger partial charge in [0.15, 0.2) is 5.58 Å². The highest BCUT2D eigenvalue weighted by Crippen LogP contribution is 2.45. The zero-order valence-corrected chi connectivity index (χ0v) is 35.4. The summed E-state index contributed by atoms with van der Waals surface area (Å²) in [5, 5.41) is 9.45. The molecule has 0 radical (unpaired) electrons. The van der Waals surface area contributed by atoms with Gasteiger partial charge in [-0.25, -0.2) is 0 Å². The lowest BCUT2D eigenvalue weighted by molar-refractivity contribution is 0.673. The molecule has 0 bridgehead atoms. The van der Waals surface area contributed by atoms with Gasteiger partial charge in [-0.1, -0.05) is 182 Å². The van der Waals surface area contributed by atoms with Crippen LogP contribution in [0.15, 0.2) is 247 Å². The van der Waals surface area contributed by atoms with Crippen molar-refractivity contribution in [3.63, 3.8) is 0 Å². The van der Waals surface area contributed by atoms with Crippen molar-refractivity contribution in [2.45, 2.75) is 0 Å². The molecule has 0 atom stereocenters. The van der Waals surface area contributed by atoms with Gasteiger partial charge in [-0.3, -0.25) is 0 Å². The van der Waals surface area contributed by atoms with Gasteiger partial charge in [0.05, 0.1) is 16.7 Å². The van der Waals surface area contributed by atoms with Gasteiger partial charge in [0.2, 0.25) is 0 Å². The van der Waals surface area contributed by atoms with E-state index < -0.39 is 0 Å². The zero-order valence-electron chi connectivity index (χ0n) is 35.4. The molecule has 3 nitrogen and oxygen atoms in total. The summed E-state index contributed by atoms with van der Waals surface area (Å²) in [6.07, 6.45) is 0. The third-order valence-electron chi connectivity index (χ3n) is 13.2. The van der Waals surface area contributed by atoms with Crippen molar-refractivity contribution in [2.75, 3.05) is 4.90 Å². The summed E-state index contributed by atoms with van der Waals surface area (Å²) in [6.45, 7) is 0. The van der Waals surface area contributed by atoms with E-state index in [0.717, 1.165) is 72.2 Å². The van der Waals surface area contributed by atoms with Gasteiger partial charge in [-0.15, -0.1) is 0 Å². The first-order chi connectivity index (χ1) is 32.2. The number of furan rings is 1. The average molecular weight is 829 g/mol. The maximum atomic E-state index is 6.96. The topological polar surface area (TPSA) is 21.3 Å². The summed E-state index contributed by atoms with van der Waals surface area (Å²) in [5.41, 5.74) is 15.4. The van der Waals surface area contributed by atoms with Gasteiger partial charge in [0.1, 0.15) is 5.58 Å². The number of hydrogen-bond donors (Lipinski definition) is 0. The largest absolute Gasteiger partial charge is 0.453 e. The predicted octanol–water partition coefficient (Wildman–Crippen LogP) is 17.5. The molecule has 0 saturated carbocycles. The van der Waals surface area contributed by atoms with Gasteiger partial charge in [0, 0.05) is 49.4 Å². The highest BCUT2D eigenvalue weighted by Gasteiger charge is 2.21. The van der Waals surface area contributed by atoms with Crippen LogP contribution in [-0.4, -0.2) is 4.57 Å². The summed E-state index contributed by atoms with van der Waals surface area (Å²) in [5.74, 6) is 0. The third kappa shape index (κ3) is 6.12. The van der Waals surface area contributed by atoms with Crippen LogP contribution in [0.4, 0.5) is 17.1 Å². The Hall–Kier alpha value is -8.66. The molecule has 2 aromatic heterocycles. The second-order valence-corrected chi connectivity index (χ2v) is 16.9. The van der Waals surface area contributed by atoms with Crippen LogP contribution in [-0.2, 0) is 0 Å². The molecule has 0 spiro atoms. The molecular formula is C62H40N2O. The Kier molecular flexibility index (Phi) is 8.53. The van der Waals surface area contributed by atoms with Crippen LogP contribution < -0.4 is 4.90 Å². The van der Waals surface area contributed by atoms with Crippen LogP contribution in [0.1, 0.15) is 0 Å². The van der Waals surface area contributed by atoms with E-state index in [0.29, 0.717) is 0 Å². The fourth-order valence-corrected chi connectivity index (χ4v) is 10.0. The van der Waals surface area contributed by atoms with Crippen LogP contribution in [0.25, 0.3) is 104 Å². The Morgan fingerprint density at radius 2 is 0.800 bits per heavy atom. The van der Waals surface area contributed by atoms with E-state index in [4.69, 9.17) is 4.42 Å². The van der Waals surface area contributed by atoms with Crippen molar-refractivity contribution in [1.82, 2.24) is 4.57 Å². The fourth-order valence-electron chi connectivity index (χ4n) is 10.0. The van der Waals surface area contributed by atoms with E-state index in [1.54, 1.807) is 0 Å². The smallest absolute Gasteiger partial charge is 0.159 e. The van der Waals surface area contributed by atoms with Crippen molar-refractivity contribution in [3.05, 3.63) is 243 Å². The van der Waals surface area contributed by atoms with Gasteiger partial charge < -0.3 is 13.9 Å². The maximum absolute atomic E-state index is 6.96. The van der Waals surface area contributed by atoms with Gasteiger partial charge in [-0.2, -0.15) is 0 Å². The lowest BCUT2D eigenvalue weighted by Gasteiger charge is -2.26. The molecule has 0 saturated heterocycles. The lowest BCUT2D eigenvalue weighted by Crippen LogP contribution is -2.10. The quantitative estimate of drug-likeness (QED) is 0.160. The van der Waals surface area contributed by atoms with Crippen molar-refractivity contribution >= 4 is 82.4 Å². The SMILES string of the molecule is c1ccc(-c2cccc(-c3ccc(N(c4ccc(-c5ccc6c7ccc8ccccc8c7n(-c7ccccc7)c6c5)cc4)c4cccc5c4oc4c6ccccc6ccc54)cc3)c2)cc1. The van der Waals surface area contributed by atoms with Crippen LogP contribution in [0, 0.1) is 0 Å². The number of anilines is 3. The highest BCUT2D eigenvalue weighted by atomic mass is 16.3. The van der Waals surface area contributed by atoms with Crippen LogP contribution in [0.5, 0.6) is 0 Å². The van der Waals surface area contributed by atoms with E-state index in [9.17, 15) is 0 Å². The fraction of sp³-hybridized carbons (Fsp3) is 0. The van der Waals surface area contributed by atoms with Crippen LogP contribution in [0.2, 0.25) is 0 Å². The lowest BCUT2D eigenvalue weighted by atomic mass is 9.98. The van der Waals surface area contributed by atoms with E-state index in [1.807, 2.05) is 0 Å². The predicted molar refractivity (Wildman–Crippen MR) is 274 cm³/mol. The monoisotopic (exact) mass is 828 g/mol. The number of nitrogens with zero attached hydrogens (tertiary/aromatic N) is 2. The molecule has 0 amide bonds. The molecule has 0 aliphatic heterocycles. The van der Waals surface area contributed by atoms with Gasteiger partial charge >= 0.3 is 0 Å². The Balaban J connectivity index is 0.950. The molecule has 2 heterocycles. The summed E-state index contributed by atoms with van der Waals surface area (Å²) >= 11 is 0. The first kappa shape index (κ1) is 36.9. The van der Waals surface area contributed by atoms with Crippen LogP contribution in [0.3, 0.4) is 0 Å². The molecule has 3 heteroatoms. The first-order valence-corrected chi connectivity index (χ1v) is 22.2. The molecular weight excluding hydrogens is 789 g/mol. The van der Waals surface area contributed by atoms with Gasteiger partial charge in [-0.05, 0) is 105 Å². The standard InChI is InChI=1S/C62H40N2O/c1-3-13-41(14-4-1)46-17-11-18-47(39-46)42-25-32-50(33-26-42)63(58-24-12-23-56-57-38-30-45-16-8-10-22-53(45)61(57)65-62(56)58)51-34-27-43(28-35-51)48-31-36-54-55-37-29-44-15-7-9-21-52(44)60(55)64(59(54)40-48)49-19-5-2-6-20-49/h1-40H. The van der Waals surface area contributed by atoms with Crippen molar-refractivity contribution < 1.29 is 4.42 Å². The molecule has 13 aromatic rings. The maximum Gasteiger partial charge on any atom is 0.159 e. The van der Waals surface area contributed by atoms with Crippen molar-refractivity contribution in [1.29, 1.82) is 0 Å². The minimum Gasteiger partial charge on any atom is -0.453 e. The summed E-state index contributed by atoms with van der Waals surface area (Å²) in [4.78, 5) is 2.34. The Bertz CT molecular complexity index is 3920. The zero-order chi connectivity index (χ0) is 42.8. The number of aromatic nitrogens is 1. The number of fused-ring (bicyclic) bond motifs is 10. The molecule has 13 rings (SSSR count). The molecule has 0 aliphatic carbocycles. The molecule has 0 fully saturated rings. The molecule has 11 aromatic carbocycles. The summed E-state index contributed by atoms with van der Waals surface area (Å²) < 4.78 is 9.39. The first-order valence-electron chi connectivity index (χ1n) is 22.2. The molecule has 65 heavy (non-hydrogen) atoms. The molecule has 304 valence electrons. The summed E-state index contributed by atoms with van der Waals surface area (Å²) in [7, 11) is 0. The third-order valence-corrected chi connectivity index (χ3v) is 13.2. The van der Waals surface area contributed by atoms with Crippen LogP contribution >= 0.6 is 0 Å². The minimum absolute atomic E-state index is 0.856. The van der Waals surface area contributed by atoms with E-state index in [1.165, 1.54) is 49.3 Å². The average Bonchev–Trinajstić information content (AvgIpc) is 3.94. The minimum atomic E-state index is 0.856. The number of benzene rings is 11. The second-order valence-electron chi connectivity index (χ2n) is 16.9. The summed E-state index contributed by atoms with van der Waals surface area (Å²) in [6, 6.07) is 87.5. The van der Waals surface area contributed by atoms with Crippen molar-refractivity contribution in [2.24, 2.45) is 0 Å². The molecule has 0 N–H and O–H groups in total. The molecule has 0 aliphatic rings. The number of hydrogen-bond acceptors (Lipinski definition) is 2.